The monoisotopic (exact) mass is 303 g/mol. The molecule has 0 aliphatic carbocycles. The number of aliphatic hydroxyl groups excluding tert-OH is 1. The fourth-order valence-electron chi connectivity index (χ4n) is 3.24. The van der Waals surface area contributed by atoms with Gasteiger partial charge >= 0.3 is 0 Å². The summed E-state index contributed by atoms with van der Waals surface area (Å²) in [5, 5.41) is 14.6. The van der Waals surface area contributed by atoms with Gasteiger partial charge in [-0.3, -0.25) is 9.58 Å². The van der Waals surface area contributed by atoms with Crippen molar-refractivity contribution < 1.29 is 9.50 Å². The van der Waals surface area contributed by atoms with Gasteiger partial charge in [-0.2, -0.15) is 5.10 Å². The maximum atomic E-state index is 13.9. The van der Waals surface area contributed by atoms with Crippen LogP contribution in [0.15, 0.2) is 36.7 Å². The molecule has 1 N–H and O–H groups in total. The number of likely N-dealkylation sites (tertiary alicyclic amines) is 1. The minimum Gasteiger partial charge on any atom is -0.391 e. The molecule has 118 valence electrons. The van der Waals surface area contributed by atoms with E-state index in [4.69, 9.17) is 0 Å². The molecule has 1 aromatic carbocycles. The molecule has 1 fully saturated rings. The van der Waals surface area contributed by atoms with Gasteiger partial charge in [0.05, 0.1) is 12.3 Å². The Morgan fingerprint density at radius 1 is 1.36 bits per heavy atom. The van der Waals surface area contributed by atoms with E-state index in [-0.39, 0.29) is 11.9 Å². The van der Waals surface area contributed by atoms with E-state index in [0.717, 1.165) is 31.5 Å². The minimum absolute atomic E-state index is 0.0501. The van der Waals surface area contributed by atoms with Crippen molar-refractivity contribution in [3.63, 3.8) is 0 Å². The molecule has 1 saturated heterocycles. The number of rotatable bonds is 4. The zero-order chi connectivity index (χ0) is 15.5. The van der Waals surface area contributed by atoms with E-state index in [9.17, 15) is 9.50 Å². The number of nitrogens with zero attached hydrogens (tertiary/aromatic N) is 3. The molecular weight excluding hydrogens is 281 g/mol. The van der Waals surface area contributed by atoms with Crippen molar-refractivity contribution in [3.05, 3.63) is 53.6 Å². The van der Waals surface area contributed by atoms with Gasteiger partial charge in [0.15, 0.2) is 0 Å². The van der Waals surface area contributed by atoms with Gasteiger partial charge in [-0.1, -0.05) is 18.2 Å². The standard InChI is InChI=1S/C17H22FN3O/c1-20-11-13(10-19-20)12-21-8-4-7-17(22)16(21)9-14-5-2-3-6-15(14)18/h2-3,5-6,10-11,16-17,22H,4,7-9,12H2,1H3/t16-,17-/m0/s1. The summed E-state index contributed by atoms with van der Waals surface area (Å²) in [4.78, 5) is 2.25. The van der Waals surface area contributed by atoms with Crippen molar-refractivity contribution in [1.82, 2.24) is 14.7 Å². The summed E-state index contributed by atoms with van der Waals surface area (Å²) in [5.74, 6) is -0.193. The molecule has 1 aromatic heterocycles. The molecule has 2 aromatic rings. The van der Waals surface area contributed by atoms with E-state index < -0.39 is 6.10 Å². The molecule has 0 unspecified atom stereocenters. The molecule has 0 radical (unpaired) electrons. The summed E-state index contributed by atoms with van der Waals surface area (Å²) in [6, 6.07) is 6.78. The van der Waals surface area contributed by atoms with Crippen LogP contribution >= 0.6 is 0 Å². The van der Waals surface area contributed by atoms with Gasteiger partial charge < -0.3 is 5.11 Å². The van der Waals surface area contributed by atoms with Gasteiger partial charge in [0.2, 0.25) is 0 Å². The summed E-state index contributed by atoms with van der Waals surface area (Å²) in [7, 11) is 1.89. The van der Waals surface area contributed by atoms with Crippen molar-refractivity contribution >= 4 is 0 Å². The molecular formula is C17H22FN3O. The Bertz CT molecular complexity index is 628. The second-order valence-electron chi connectivity index (χ2n) is 6.07. The average molecular weight is 303 g/mol. The third-order valence-electron chi connectivity index (χ3n) is 4.39. The van der Waals surface area contributed by atoms with Crippen LogP contribution in [0.1, 0.15) is 24.0 Å². The molecule has 0 saturated carbocycles. The smallest absolute Gasteiger partial charge is 0.126 e. The number of aromatic nitrogens is 2. The van der Waals surface area contributed by atoms with E-state index in [1.807, 2.05) is 25.5 Å². The summed E-state index contributed by atoms with van der Waals surface area (Å²) in [5.41, 5.74) is 1.79. The normalized spacial score (nSPS) is 22.9. The van der Waals surface area contributed by atoms with Crippen molar-refractivity contribution in [3.8, 4) is 0 Å². The maximum absolute atomic E-state index is 13.9. The summed E-state index contributed by atoms with van der Waals surface area (Å²) in [6.45, 7) is 1.66. The van der Waals surface area contributed by atoms with Crippen LogP contribution in [0.3, 0.4) is 0 Å². The Balaban J connectivity index is 1.76. The first-order chi connectivity index (χ1) is 10.6. The third-order valence-corrected chi connectivity index (χ3v) is 4.39. The van der Waals surface area contributed by atoms with Crippen molar-refractivity contribution in [2.24, 2.45) is 7.05 Å². The quantitative estimate of drug-likeness (QED) is 0.941. The molecule has 3 rings (SSSR count). The Kier molecular flexibility index (Phi) is 4.55. The molecule has 1 aliphatic rings. The highest BCUT2D eigenvalue weighted by atomic mass is 19.1. The van der Waals surface area contributed by atoms with Crippen molar-refractivity contribution in [2.75, 3.05) is 6.54 Å². The molecule has 2 atom stereocenters. The Labute approximate surface area is 130 Å². The lowest BCUT2D eigenvalue weighted by Crippen LogP contribution is -2.49. The fourth-order valence-corrected chi connectivity index (χ4v) is 3.24. The fraction of sp³-hybridized carbons (Fsp3) is 0.471. The van der Waals surface area contributed by atoms with Crippen LogP contribution in [0.2, 0.25) is 0 Å². The van der Waals surface area contributed by atoms with Gasteiger partial charge in [0.1, 0.15) is 5.82 Å². The van der Waals surface area contributed by atoms with E-state index in [0.29, 0.717) is 12.0 Å². The highest BCUT2D eigenvalue weighted by Crippen LogP contribution is 2.24. The molecule has 4 nitrogen and oxygen atoms in total. The second-order valence-corrected chi connectivity index (χ2v) is 6.07. The van der Waals surface area contributed by atoms with Crippen LogP contribution < -0.4 is 0 Å². The van der Waals surface area contributed by atoms with Crippen LogP contribution in [-0.2, 0) is 20.0 Å². The third kappa shape index (κ3) is 3.36. The molecule has 22 heavy (non-hydrogen) atoms. The van der Waals surface area contributed by atoms with Crippen LogP contribution in [0.4, 0.5) is 4.39 Å². The number of aliphatic hydroxyl groups is 1. The Hall–Kier alpha value is -1.72. The summed E-state index contributed by atoms with van der Waals surface area (Å²) in [6.07, 6.45) is 5.71. The second kappa shape index (κ2) is 6.58. The molecule has 1 aliphatic heterocycles. The van der Waals surface area contributed by atoms with Crippen molar-refractivity contribution in [1.29, 1.82) is 0 Å². The minimum atomic E-state index is -0.412. The predicted molar refractivity (Wildman–Crippen MR) is 82.8 cm³/mol. The topological polar surface area (TPSA) is 41.3 Å². The van der Waals surface area contributed by atoms with E-state index in [2.05, 4.69) is 10.00 Å². The number of benzene rings is 1. The number of aryl methyl sites for hydroxylation is 1. The molecule has 0 amide bonds. The van der Waals surface area contributed by atoms with E-state index >= 15 is 0 Å². The molecule has 0 bridgehead atoms. The largest absolute Gasteiger partial charge is 0.391 e. The van der Waals surface area contributed by atoms with Crippen LogP contribution in [0.5, 0.6) is 0 Å². The SMILES string of the molecule is Cn1cc(CN2CCC[C@H](O)[C@@H]2Cc2ccccc2F)cn1. The van der Waals surface area contributed by atoms with E-state index in [1.54, 1.807) is 16.8 Å². The lowest BCUT2D eigenvalue weighted by Gasteiger charge is -2.39. The van der Waals surface area contributed by atoms with Crippen LogP contribution in [-0.4, -0.2) is 38.5 Å². The average Bonchev–Trinajstić information content (AvgIpc) is 2.90. The van der Waals surface area contributed by atoms with Gasteiger partial charge in [-0.25, -0.2) is 4.39 Å². The lowest BCUT2D eigenvalue weighted by atomic mass is 9.92. The zero-order valence-corrected chi connectivity index (χ0v) is 12.8. The van der Waals surface area contributed by atoms with Crippen LogP contribution in [0.25, 0.3) is 0 Å². The Morgan fingerprint density at radius 3 is 2.91 bits per heavy atom. The van der Waals surface area contributed by atoms with Gasteiger partial charge in [-0.15, -0.1) is 0 Å². The number of halogens is 1. The number of piperidine rings is 1. The highest BCUT2D eigenvalue weighted by molar-refractivity contribution is 5.19. The van der Waals surface area contributed by atoms with Gasteiger partial charge in [0, 0.05) is 31.4 Å². The summed E-state index contributed by atoms with van der Waals surface area (Å²) < 4.78 is 15.7. The molecule has 2 heterocycles. The number of hydrogen-bond acceptors (Lipinski definition) is 3. The molecule has 0 spiro atoms. The summed E-state index contributed by atoms with van der Waals surface area (Å²) >= 11 is 0. The van der Waals surface area contributed by atoms with Gasteiger partial charge in [-0.05, 0) is 37.4 Å². The first-order valence-corrected chi connectivity index (χ1v) is 7.76. The first kappa shape index (κ1) is 15.2. The first-order valence-electron chi connectivity index (χ1n) is 7.76. The Morgan fingerprint density at radius 2 is 2.18 bits per heavy atom. The maximum Gasteiger partial charge on any atom is 0.126 e. The van der Waals surface area contributed by atoms with Gasteiger partial charge in [0.25, 0.3) is 0 Å². The predicted octanol–water partition coefficient (Wildman–Crippen LogP) is 2.13. The van der Waals surface area contributed by atoms with Crippen molar-refractivity contribution in [2.45, 2.75) is 38.0 Å². The molecule has 5 heteroatoms. The highest BCUT2D eigenvalue weighted by Gasteiger charge is 2.30. The zero-order valence-electron chi connectivity index (χ0n) is 12.8. The lowest BCUT2D eigenvalue weighted by molar-refractivity contribution is 0.00639. The van der Waals surface area contributed by atoms with E-state index in [1.165, 1.54) is 6.07 Å². The number of hydrogen-bond donors (Lipinski definition) is 1. The van der Waals surface area contributed by atoms with Crippen LogP contribution in [0, 0.1) is 5.82 Å².